The molecule has 2 bridgehead atoms. The topological polar surface area (TPSA) is 86.6 Å². The minimum absolute atomic E-state index is 0.117. The molecule has 7 nitrogen and oxygen atoms in total. The predicted octanol–water partition coefficient (Wildman–Crippen LogP) is 6.58. The maximum atomic E-state index is 10.9. The summed E-state index contributed by atoms with van der Waals surface area (Å²) in [4.78, 5) is 0. The highest BCUT2D eigenvalue weighted by Gasteiger charge is 2.41. The molecule has 2 N–H and O–H groups in total. The zero-order valence-corrected chi connectivity index (χ0v) is 22.2. The Morgan fingerprint density at radius 3 is 1.86 bits per heavy atom. The van der Waals surface area contributed by atoms with Crippen LogP contribution in [0.15, 0.2) is 24.3 Å². The number of rotatable bonds is 13. The summed E-state index contributed by atoms with van der Waals surface area (Å²) in [5.41, 5.74) is 2.18. The van der Waals surface area contributed by atoms with Crippen molar-refractivity contribution in [1.82, 2.24) is 0 Å². The fraction of sp³-hybridized carbons (Fsp3) is 0.556. The van der Waals surface area contributed by atoms with Gasteiger partial charge in [-0.05, 0) is 37.1 Å². The third-order valence-corrected chi connectivity index (χ3v) is 6.68. The Labute approximate surface area is 222 Å². The average Bonchev–Trinajstić information content (AvgIpc) is 2.86. The Bertz CT molecular complexity index is 1030. The van der Waals surface area contributed by atoms with Gasteiger partial charge in [0.05, 0.1) is 23.8 Å². The van der Waals surface area contributed by atoms with Crippen LogP contribution in [-0.2, 0) is 14.2 Å². The molecule has 4 rings (SSSR count). The van der Waals surface area contributed by atoms with Gasteiger partial charge >= 0.3 is 0 Å². The lowest BCUT2D eigenvalue weighted by Crippen LogP contribution is -2.32. The number of hydrogen-bond donors (Lipinski definition) is 2. The predicted molar refractivity (Wildman–Crippen MR) is 137 cm³/mol. The summed E-state index contributed by atoms with van der Waals surface area (Å²) < 4.78 is 29.7. The SMILES string of the molecule is CCCCOCCC(O)c1cc(Cl)cc2c1OC1OC2Oc2c(C(O)COCCCC)cc(Cl)cc21. The maximum Gasteiger partial charge on any atom is 0.234 e. The van der Waals surface area contributed by atoms with E-state index in [0.29, 0.717) is 70.0 Å². The van der Waals surface area contributed by atoms with Gasteiger partial charge in [-0.3, -0.25) is 4.74 Å². The van der Waals surface area contributed by atoms with E-state index >= 15 is 0 Å². The fourth-order valence-corrected chi connectivity index (χ4v) is 4.75. The molecule has 198 valence electrons. The molecule has 0 aliphatic carbocycles. The molecule has 4 atom stereocenters. The minimum Gasteiger partial charge on any atom is -0.459 e. The van der Waals surface area contributed by atoms with Crippen molar-refractivity contribution in [3.63, 3.8) is 0 Å². The van der Waals surface area contributed by atoms with Gasteiger partial charge in [-0.25, -0.2) is 0 Å². The number of benzene rings is 2. The number of halogens is 2. The zero-order chi connectivity index (χ0) is 25.7. The maximum absolute atomic E-state index is 10.9. The molecule has 36 heavy (non-hydrogen) atoms. The molecule has 2 aliphatic heterocycles. The van der Waals surface area contributed by atoms with E-state index in [-0.39, 0.29) is 6.61 Å². The summed E-state index contributed by atoms with van der Waals surface area (Å²) in [5.74, 6) is 0.918. The Morgan fingerprint density at radius 2 is 1.31 bits per heavy atom. The number of fused-ring (bicyclic) bond motifs is 6. The molecule has 0 aromatic heterocycles. The fourth-order valence-electron chi connectivity index (χ4n) is 4.28. The first-order chi connectivity index (χ1) is 17.4. The molecule has 0 saturated carbocycles. The Balaban J connectivity index is 1.57. The molecule has 0 radical (unpaired) electrons. The van der Waals surface area contributed by atoms with Crippen LogP contribution in [-0.4, -0.2) is 36.6 Å². The van der Waals surface area contributed by atoms with E-state index in [1.54, 1.807) is 24.3 Å². The van der Waals surface area contributed by atoms with E-state index in [4.69, 9.17) is 46.9 Å². The van der Waals surface area contributed by atoms with Crippen molar-refractivity contribution in [1.29, 1.82) is 0 Å². The van der Waals surface area contributed by atoms with Crippen molar-refractivity contribution in [3.05, 3.63) is 56.6 Å². The number of hydrogen-bond acceptors (Lipinski definition) is 7. The molecule has 2 heterocycles. The lowest BCUT2D eigenvalue weighted by Gasteiger charge is -2.40. The van der Waals surface area contributed by atoms with Crippen LogP contribution < -0.4 is 9.47 Å². The van der Waals surface area contributed by atoms with Crippen LogP contribution in [0.3, 0.4) is 0 Å². The summed E-state index contributed by atoms with van der Waals surface area (Å²) >= 11 is 12.8. The van der Waals surface area contributed by atoms with Crippen LogP contribution in [0.5, 0.6) is 11.5 Å². The standard InChI is InChI=1S/C27H34Cl2O7/c1-3-5-8-32-10-7-22(30)18-11-16(28)13-20-24(18)34-27-21-14-17(29)12-19(25(21)35-26(20)36-27)23(31)15-33-9-6-4-2/h11-14,22-23,26-27,30-31H,3-10,15H2,1-2H3. The summed E-state index contributed by atoms with van der Waals surface area (Å²) in [6.45, 7) is 5.94. The molecule has 0 saturated heterocycles. The van der Waals surface area contributed by atoms with E-state index in [1.807, 2.05) is 0 Å². The van der Waals surface area contributed by atoms with Gasteiger partial charge < -0.3 is 29.2 Å². The van der Waals surface area contributed by atoms with Crippen molar-refractivity contribution in [3.8, 4) is 11.5 Å². The quantitative estimate of drug-likeness (QED) is 0.277. The van der Waals surface area contributed by atoms with Gasteiger partial charge in [0, 0.05) is 47.4 Å². The average molecular weight is 541 g/mol. The molecule has 0 spiro atoms. The van der Waals surface area contributed by atoms with Gasteiger partial charge in [-0.1, -0.05) is 49.9 Å². The van der Waals surface area contributed by atoms with E-state index in [2.05, 4.69) is 13.8 Å². The first-order valence-electron chi connectivity index (χ1n) is 12.6. The van der Waals surface area contributed by atoms with E-state index in [0.717, 1.165) is 25.7 Å². The molecule has 9 heteroatoms. The van der Waals surface area contributed by atoms with Gasteiger partial charge in [0.15, 0.2) is 0 Å². The first kappa shape index (κ1) is 27.5. The minimum atomic E-state index is -0.933. The molecular formula is C27H34Cl2O7. The Kier molecular flexibility index (Phi) is 9.75. The van der Waals surface area contributed by atoms with Crippen LogP contribution in [0.4, 0.5) is 0 Å². The van der Waals surface area contributed by atoms with Crippen LogP contribution in [0.25, 0.3) is 0 Å². The van der Waals surface area contributed by atoms with Crippen LogP contribution in [0, 0.1) is 0 Å². The van der Waals surface area contributed by atoms with Gasteiger partial charge in [-0.15, -0.1) is 0 Å². The van der Waals surface area contributed by atoms with Crippen LogP contribution >= 0.6 is 23.2 Å². The summed E-state index contributed by atoms with van der Waals surface area (Å²) in [5, 5.41) is 22.6. The number of aliphatic hydroxyl groups excluding tert-OH is 2. The molecule has 0 amide bonds. The highest BCUT2D eigenvalue weighted by molar-refractivity contribution is 6.31. The van der Waals surface area contributed by atoms with Gasteiger partial charge in [-0.2, -0.15) is 0 Å². The first-order valence-corrected chi connectivity index (χ1v) is 13.4. The second kappa shape index (κ2) is 12.8. The normalized spacial score (nSPS) is 19.6. The van der Waals surface area contributed by atoms with Gasteiger partial charge in [0.2, 0.25) is 12.6 Å². The lowest BCUT2D eigenvalue weighted by atomic mass is 9.98. The third kappa shape index (κ3) is 6.27. The van der Waals surface area contributed by atoms with Gasteiger partial charge in [0.1, 0.15) is 17.6 Å². The van der Waals surface area contributed by atoms with Crippen LogP contribution in [0.2, 0.25) is 10.0 Å². The third-order valence-electron chi connectivity index (χ3n) is 6.24. The van der Waals surface area contributed by atoms with Crippen LogP contribution in [0.1, 0.15) is 93.0 Å². The second-order valence-electron chi connectivity index (χ2n) is 9.08. The molecular weight excluding hydrogens is 507 g/mol. The summed E-state index contributed by atoms with van der Waals surface area (Å²) in [7, 11) is 0. The second-order valence-corrected chi connectivity index (χ2v) is 9.95. The monoisotopic (exact) mass is 540 g/mol. The molecule has 2 aromatic rings. The highest BCUT2D eigenvalue weighted by atomic mass is 35.5. The number of ether oxygens (including phenoxy) is 5. The van der Waals surface area contributed by atoms with Crippen molar-refractivity contribution >= 4 is 23.2 Å². The number of aliphatic hydroxyl groups is 2. The van der Waals surface area contributed by atoms with Crippen molar-refractivity contribution in [2.45, 2.75) is 70.7 Å². The molecule has 0 fully saturated rings. The van der Waals surface area contributed by atoms with E-state index < -0.39 is 24.8 Å². The smallest absolute Gasteiger partial charge is 0.234 e. The molecule has 4 unspecified atom stereocenters. The van der Waals surface area contributed by atoms with E-state index in [9.17, 15) is 10.2 Å². The van der Waals surface area contributed by atoms with E-state index in [1.165, 1.54) is 0 Å². The lowest BCUT2D eigenvalue weighted by molar-refractivity contribution is -0.228. The molecule has 2 aliphatic rings. The van der Waals surface area contributed by atoms with Gasteiger partial charge in [0.25, 0.3) is 0 Å². The van der Waals surface area contributed by atoms with Crippen molar-refractivity contribution < 1.29 is 33.9 Å². The Hall–Kier alpha value is -1.58. The largest absolute Gasteiger partial charge is 0.459 e. The zero-order valence-electron chi connectivity index (χ0n) is 20.7. The highest BCUT2D eigenvalue weighted by Crippen LogP contribution is 2.52. The van der Waals surface area contributed by atoms with Crippen molar-refractivity contribution in [2.24, 2.45) is 0 Å². The number of unbranched alkanes of at least 4 members (excludes halogenated alkanes) is 2. The molecule has 2 aromatic carbocycles. The Morgan fingerprint density at radius 1 is 0.778 bits per heavy atom. The summed E-state index contributed by atoms with van der Waals surface area (Å²) in [6.07, 6.45) is 0.923. The summed E-state index contributed by atoms with van der Waals surface area (Å²) in [6, 6.07) is 6.77. The van der Waals surface area contributed by atoms with Crippen molar-refractivity contribution in [2.75, 3.05) is 26.4 Å².